The van der Waals surface area contributed by atoms with Gasteiger partial charge >= 0.3 is 0 Å². The van der Waals surface area contributed by atoms with Crippen LogP contribution < -0.4 is 10.6 Å². The summed E-state index contributed by atoms with van der Waals surface area (Å²) in [6.07, 6.45) is 8.86. The zero-order valence-corrected chi connectivity index (χ0v) is 21.9. The molecule has 1 aromatic heterocycles. The second-order valence-electron chi connectivity index (χ2n) is 11.0. The quantitative estimate of drug-likeness (QED) is 0.462. The number of benzene rings is 2. The molecule has 1 saturated heterocycles. The minimum absolute atomic E-state index is 0.374. The van der Waals surface area contributed by atoms with Crippen molar-refractivity contribution in [3.05, 3.63) is 100 Å². The fourth-order valence-electron chi connectivity index (χ4n) is 6.34. The van der Waals surface area contributed by atoms with Crippen LogP contribution in [0.4, 0.5) is 0 Å². The van der Waals surface area contributed by atoms with Crippen LogP contribution in [0.25, 0.3) is 0 Å². The summed E-state index contributed by atoms with van der Waals surface area (Å²) < 4.78 is 5.49. The number of ether oxygens (including phenoxy) is 1. The minimum atomic E-state index is 0.374. The second kappa shape index (κ2) is 11.9. The summed E-state index contributed by atoms with van der Waals surface area (Å²) in [6.45, 7) is 5.64. The Morgan fingerprint density at radius 1 is 0.892 bits per heavy atom. The third-order valence-corrected chi connectivity index (χ3v) is 8.45. The maximum Gasteiger partial charge on any atom is 0.0607 e. The molecule has 0 amide bonds. The number of pyridine rings is 1. The van der Waals surface area contributed by atoms with E-state index in [2.05, 4.69) is 76.2 Å². The van der Waals surface area contributed by atoms with Gasteiger partial charge < -0.3 is 15.4 Å². The highest BCUT2D eigenvalue weighted by Gasteiger charge is 2.30. The van der Waals surface area contributed by atoms with Gasteiger partial charge in [0.25, 0.3) is 0 Å². The topological polar surface area (TPSA) is 49.4 Å². The lowest BCUT2D eigenvalue weighted by molar-refractivity contribution is 0.0776. The van der Waals surface area contributed by atoms with Crippen LogP contribution in [-0.2, 0) is 37.2 Å². The molecule has 2 aliphatic heterocycles. The molecule has 5 nitrogen and oxygen atoms in total. The number of aryl methyl sites for hydroxylation is 1. The molecule has 3 heterocycles. The van der Waals surface area contributed by atoms with E-state index in [4.69, 9.17) is 9.72 Å². The normalized spacial score (nSPS) is 22.0. The van der Waals surface area contributed by atoms with Gasteiger partial charge in [0.1, 0.15) is 0 Å². The first-order valence-electron chi connectivity index (χ1n) is 14.2. The van der Waals surface area contributed by atoms with Gasteiger partial charge in [-0.3, -0.25) is 9.88 Å². The van der Waals surface area contributed by atoms with E-state index < -0.39 is 0 Å². The highest BCUT2D eigenvalue weighted by molar-refractivity contribution is 5.31. The number of nitrogens with zero attached hydrogens (tertiary/aromatic N) is 2. The molecule has 5 heteroatoms. The lowest BCUT2D eigenvalue weighted by Crippen LogP contribution is -2.46. The van der Waals surface area contributed by atoms with Gasteiger partial charge in [-0.25, -0.2) is 0 Å². The predicted molar refractivity (Wildman–Crippen MR) is 148 cm³/mol. The molecule has 2 aromatic carbocycles. The van der Waals surface area contributed by atoms with E-state index in [0.29, 0.717) is 18.1 Å². The first kappa shape index (κ1) is 24.7. The number of hydrogen-bond acceptors (Lipinski definition) is 5. The van der Waals surface area contributed by atoms with Crippen LogP contribution in [0.1, 0.15) is 65.2 Å². The van der Waals surface area contributed by atoms with Crippen LogP contribution in [-0.4, -0.2) is 41.7 Å². The molecule has 0 radical (unpaired) electrons. The molecule has 0 spiro atoms. The summed E-state index contributed by atoms with van der Waals surface area (Å²) in [5.74, 6) is 0. The molecule has 2 N–H and O–H groups in total. The van der Waals surface area contributed by atoms with Crippen molar-refractivity contribution in [2.45, 2.75) is 76.3 Å². The number of aromatic nitrogens is 1. The molecular formula is C32H40N4O. The Morgan fingerprint density at radius 3 is 2.54 bits per heavy atom. The summed E-state index contributed by atoms with van der Waals surface area (Å²) in [4.78, 5) is 7.60. The van der Waals surface area contributed by atoms with Gasteiger partial charge in [-0.2, -0.15) is 0 Å². The molecule has 194 valence electrons. The summed E-state index contributed by atoms with van der Waals surface area (Å²) in [6, 6.07) is 24.0. The van der Waals surface area contributed by atoms with E-state index in [-0.39, 0.29) is 0 Å². The lowest BCUT2D eigenvalue weighted by Gasteiger charge is -2.38. The molecule has 37 heavy (non-hydrogen) atoms. The third kappa shape index (κ3) is 6.12. The van der Waals surface area contributed by atoms with Crippen molar-refractivity contribution < 1.29 is 4.74 Å². The molecular weight excluding hydrogens is 456 g/mol. The van der Waals surface area contributed by atoms with E-state index in [1.807, 2.05) is 6.20 Å². The molecule has 6 rings (SSSR count). The molecule has 0 unspecified atom stereocenters. The van der Waals surface area contributed by atoms with Gasteiger partial charge in [0, 0.05) is 57.7 Å². The average Bonchev–Trinajstić information content (AvgIpc) is 2.96. The maximum absolute atomic E-state index is 5.49. The Morgan fingerprint density at radius 2 is 1.68 bits per heavy atom. The van der Waals surface area contributed by atoms with Crippen LogP contribution >= 0.6 is 0 Å². The van der Waals surface area contributed by atoms with E-state index >= 15 is 0 Å². The van der Waals surface area contributed by atoms with Crippen LogP contribution in [0.15, 0.2) is 66.9 Å². The first-order valence-corrected chi connectivity index (χ1v) is 14.2. The van der Waals surface area contributed by atoms with Crippen LogP contribution in [0.2, 0.25) is 0 Å². The van der Waals surface area contributed by atoms with E-state index in [1.54, 1.807) is 0 Å². The third-order valence-electron chi connectivity index (χ3n) is 8.45. The SMILES string of the molecule is c1ccc2c(c1)CN[C@@H](CN(Cc1ccc(CNC3CCOCC3)cc1)[C@H]1CCCc3cccnc31)C2. The predicted octanol–water partition coefficient (Wildman–Crippen LogP) is 4.94. The molecule has 3 aliphatic rings. The Kier molecular flexibility index (Phi) is 7.94. The fourth-order valence-corrected chi connectivity index (χ4v) is 6.34. The number of nitrogens with one attached hydrogen (secondary N) is 2. The lowest BCUT2D eigenvalue weighted by atomic mass is 9.89. The fraction of sp³-hybridized carbons (Fsp3) is 0.469. The number of hydrogen-bond donors (Lipinski definition) is 2. The molecule has 2 atom stereocenters. The average molecular weight is 497 g/mol. The van der Waals surface area contributed by atoms with Gasteiger partial charge in [-0.1, -0.05) is 54.6 Å². The summed E-state index contributed by atoms with van der Waals surface area (Å²) >= 11 is 0. The van der Waals surface area contributed by atoms with Crippen molar-refractivity contribution in [3.8, 4) is 0 Å². The summed E-state index contributed by atoms with van der Waals surface area (Å²) in [5, 5.41) is 7.55. The Labute approximate surface area is 221 Å². The van der Waals surface area contributed by atoms with Crippen molar-refractivity contribution in [3.63, 3.8) is 0 Å². The van der Waals surface area contributed by atoms with Gasteiger partial charge in [-0.05, 0) is 72.4 Å². The van der Waals surface area contributed by atoms with Crippen molar-refractivity contribution in [2.75, 3.05) is 19.8 Å². The van der Waals surface area contributed by atoms with Crippen LogP contribution in [0, 0.1) is 0 Å². The van der Waals surface area contributed by atoms with Crippen molar-refractivity contribution in [2.24, 2.45) is 0 Å². The molecule has 0 saturated carbocycles. The Balaban J connectivity index is 1.17. The van der Waals surface area contributed by atoms with Gasteiger partial charge in [0.15, 0.2) is 0 Å². The van der Waals surface area contributed by atoms with E-state index in [1.165, 1.54) is 46.4 Å². The molecule has 3 aromatic rings. The first-order chi connectivity index (χ1) is 18.3. The zero-order valence-electron chi connectivity index (χ0n) is 21.9. The molecule has 1 fully saturated rings. The smallest absolute Gasteiger partial charge is 0.0607 e. The summed E-state index contributed by atoms with van der Waals surface area (Å²) in [5.41, 5.74) is 8.41. The van der Waals surface area contributed by atoms with E-state index in [9.17, 15) is 0 Å². The van der Waals surface area contributed by atoms with Gasteiger partial charge in [0.2, 0.25) is 0 Å². The van der Waals surface area contributed by atoms with Gasteiger partial charge in [0.05, 0.1) is 11.7 Å². The highest BCUT2D eigenvalue weighted by Crippen LogP contribution is 2.34. The summed E-state index contributed by atoms with van der Waals surface area (Å²) in [7, 11) is 0. The highest BCUT2D eigenvalue weighted by atomic mass is 16.5. The monoisotopic (exact) mass is 496 g/mol. The van der Waals surface area contributed by atoms with Gasteiger partial charge in [-0.15, -0.1) is 0 Å². The number of fused-ring (bicyclic) bond motifs is 2. The largest absolute Gasteiger partial charge is 0.381 e. The van der Waals surface area contributed by atoms with Crippen LogP contribution in [0.5, 0.6) is 0 Å². The Hall–Kier alpha value is -2.57. The van der Waals surface area contributed by atoms with Crippen molar-refractivity contribution in [1.82, 2.24) is 20.5 Å². The standard InChI is InChI=1S/C32H40N4O/c1-2-6-28-21-35-30(19-27(28)5-1)23-36(31-9-3-7-26-8-4-16-33-32(26)31)22-25-12-10-24(11-13-25)20-34-29-14-17-37-18-15-29/h1-2,4-6,8,10-13,16,29-31,34-35H,3,7,9,14-15,17-23H2/t30-,31+/m1/s1. The Bertz CT molecular complexity index is 1160. The van der Waals surface area contributed by atoms with E-state index in [0.717, 1.165) is 65.1 Å². The molecule has 1 aliphatic carbocycles. The van der Waals surface area contributed by atoms with Crippen molar-refractivity contribution >= 4 is 0 Å². The van der Waals surface area contributed by atoms with Crippen molar-refractivity contribution in [1.29, 1.82) is 0 Å². The number of rotatable bonds is 8. The maximum atomic E-state index is 5.49. The molecule has 0 bridgehead atoms. The second-order valence-corrected chi connectivity index (χ2v) is 11.0. The van der Waals surface area contributed by atoms with Crippen LogP contribution in [0.3, 0.4) is 0 Å². The zero-order chi connectivity index (χ0) is 24.9. The minimum Gasteiger partial charge on any atom is -0.381 e.